The molecule has 0 aliphatic rings. The highest BCUT2D eigenvalue weighted by atomic mass is 14.2. The van der Waals surface area contributed by atoms with Gasteiger partial charge in [0.2, 0.25) is 0 Å². The summed E-state index contributed by atoms with van der Waals surface area (Å²) in [7, 11) is 0. The largest absolute Gasteiger partial charge is 0.202 e. The van der Waals surface area contributed by atoms with Crippen LogP contribution in [0.2, 0.25) is 0 Å². The number of benzene rings is 4. The van der Waals surface area contributed by atoms with Gasteiger partial charge in [-0.15, -0.1) is 0 Å². The van der Waals surface area contributed by atoms with Crippen LogP contribution in [-0.4, -0.2) is 0 Å². The summed E-state index contributed by atoms with van der Waals surface area (Å²) in [6, 6.07) is 26.1. The second-order valence-electron chi connectivity index (χ2n) is 4.71. The lowest BCUT2D eigenvalue weighted by Gasteiger charge is -2.06. The number of rotatable bonds is 0. The zero-order chi connectivity index (χ0) is 13.9. The minimum absolute atomic E-state index is 1.31. The van der Waals surface area contributed by atoms with Crippen molar-refractivity contribution in [2.24, 2.45) is 0 Å². The van der Waals surface area contributed by atoms with Crippen LogP contribution in [0.4, 0.5) is 0 Å². The van der Waals surface area contributed by atoms with Crippen LogP contribution in [0.15, 0.2) is 72.8 Å². The van der Waals surface area contributed by atoms with Gasteiger partial charge < -0.3 is 0 Å². The molecule has 0 amide bonds. The first kappa shape index (κ1) is 12.2. The Labute approximate surface area is 117 Å². The van der Waals surface area contributed by atoms with Crippen molar-refractivity contribution in [3.8, 4) is 6.57 Å². The molecule has 0 radical (unpaired) electrons. The van der Waals surface area contributed by atoms with Gasteiger partial charge in [0.1, 0.15) is 0 Å². The number of hydrogen-bond acceptors (Lipinski definition) is 1. The van der Waals surface area contributed by atoms with Crippen LogP contribution in [0, 0.1) is 11.8 Å². The zero-order valence-electron chi connectivity index (χ0n) is 11.0. The molecule has 0 saturated heterocycles. The topological polar surface area (TPSA) is 23.8 Å². The number of nitriles is 1. The Bertz CT molecular complexity index is 913. The number of fused-ring (bicyclic) bond motifs is 4. The molecule has 1 heteroatoms. The summed E-state index contributed by atoms with van der Waals surface area (Å²) in [6.07, 6.45) is 0. The van der Waals surface area contributed by atoms with E-state index in [9.17, 15) is 0 Å². The van der Waals surface area contributed by atoms with Gasteiger partial charge in [0.15, 0.2) is 0 Å². The normalized spacial score (nSPS) is 10.3. The molecule has 0 aromatic heterocycles. The molecular weight excluding hydrogens is 242 g/mol. The first-order valence-electron chi connectivity index (χ1n) is 6.48. The van der Waals surface area contributed by atoms with Crippen molar-refractivity contribution in [1.82, 2.24) is 0 Å². The third-order valence-electron chi connectivity index (χ3n) is 3.61. The van der Waals surface area contributed by atoms with Crippen molar-refractivity contribution in [3.63, 3.8) is 0 Å². The van der Waals surface area contributed by atoms with E-state index in [1.54, 1.807) is 0 Å². The van der Waals surface area contributed by atoms with Crippen molar-refractivity contribution in [2.45, 2.75) is 0 Å². The second-order valence-corrected chi connectivity index (χ2v) is 4.71. The van der Waals surface area contributed by atoms with Crippen molar-refractivity contribution in [3.05, 3.63) is 72.8 Å². The molecule has 4 aromatic rings. The lowest BCUT2D eigenvalue weighted by atomic mass is 9.98. The second kappa shape index (κ2) is 5.03. The van der Waals surface area contributed by atoms with Gasteiger partial charge in [0, 0.05) is 6.57 Å². The van der Waals surface area contributed by atoms with E-state index in [0.29, 0.717) is 0 Å². The van der Waals surface area contributed by atoms with E-state index in [1.165, 1.54) is 32.3 Å². The average Bonchev–Trinajstić information content (AvgIpc) is 2.55. The maximum Gasteiger partial charge on any atom is 0.0462 e. The van der Waals surface area contributed by atoms with E-state index in [-0.39, 0.29) is 0 Å². The maximum absolute atomic E-state index is 6.50. The first-order chi connectivity index (χ1) is 9.92. The van der Waals surface area contributed by atoms with Gasteiger partial charge in [-0.05, 0) is 44.5 Å². The number of nitrogens with zero attached hydrogens (tertiary/aromatic N) is 1. The summed E-state index contributed by atoms with van der Waals surface area (Å²) in [5.41, 5.74) is 0. The smallest absolute Gasteiger partial charge is 0.0462 e. The van der Waals surface area contributed by atoms with Gasteiger partial charge in [-0.3, -0.25) is 0 Å². The van der Waals surface area contributed by atoms with Gasteiger partial charge in [0.05, 0.1) is 0 Å². The molecule has 0 heterocycles. The van der Waals surface area contributed by atoms with E-state index in [0.717, 1.165) is 0 Å². The molecule has 0 spiro atoms. The molecule has 94 valence electrons. The van der Waals surface area contributed by atoms with Gasteiger partial charge in [-0.25, -0.2) is 5.26 Å². The molecule has 0 aliphatic heterocycles. The monoisotopic (exact) mass is 255 g/mol. The summed E-state index contributed by atoms with van der Waals surface area (Å²) < 4.78 is 0. The molecule has 0 bridgehead atoms. The van der Waals surface area contributed by atoms with E-state index < -0.39 is 0 Å². The summed E-state index contributed by atoms with van der Waals surface area (Å²) in [5.74, 6) is 0. The quantitative estimate of drug-likeness (QED) is 0.309. The zero-order valence-corrected chi connectivity index (χ0v) is 11.0. The lowest BCUT2D eigenvalue weighted by molar-refractivity contribution is 1.58. The number of hydrogen-bond donors (Lipinski definition) is 0. The minimum Gasteiger partial charge on any atom is -0.202 e. The van der Waals surface area contributed by atoms with Crippen LogP contribution in [0.1, 0.15) is 0 Å². The Morgan fingerprint density at radius 2 is 1.05 bits per heavy atom. The van der Waals surface area contributed by atoms with Crippen molar-refractivity contribution in [2.75, 3.05) is 0 Å². The first-order valence-corrected chi connectivity index (χ1v) is 6.48. The SMILES string of the molecule is C#N.c1ccc2cc3c(ccc4ccccc43)cc2c1. The third-order valence-corrected chi connectivity index (χ3v) is 3.61. The van der Waals surface area contributed by atoms with E-state index >= 15 is 0 Å². The third kappa shape index (κ3) is 1.88. The van der Waals surface area contributed by atoms with Crippen LogP contribution in [0.25, 0.3) is 32.3 Å². The molecule has 0 N–H and O–H groups in total. The Morgan fingerprint density at radius 3 is 1.80 bits per heavy atom. The predicted molar refractivity (Wildman–Crippen MR) is 85.6 cm³/mol. The molecule has 0 aliphatic carbocycles. The van der Waals surface area contributed by atoms with Crippen LogP contribution in [0.5, 0.6) is 0 Å². The van der Waals surface area contributed by atoms with Crippen molar-refractivity contribution >= 4 is 32.3 Å². The molecule has 20 heavy (non-hydrogen) atoms. The lowest BCUT2D eigenvalue weighted by Crippen LogP contribution is -1.79. The fraction of sp³-hybridized carbons (Fsp3) is 0. The van der Waals surface area contributed by atoms with Gasteiger partial charge >= 0.3 is 0 Å². The highest BCUT2D eigenvalue weighted by Crippen LogP contribution is 2.29. The van der Waals surface area contributed by atoms with Crippen LogP contribution in [-0.2, 0) is 0 Å². The summed E-state index contributed by atoms with van der Waals surface area (Å²) >= 11 is 0. The van der Waals surface area contributed by atoms with Crippen LogP contribution in [0.3, 0.4) is 0 Å². The van der Waals surface area contributed by atoms with Crippen LogP contribution >= 0.6 is 0 Å². The maximum atomic E-state index is 6.50. The predicted octanol–water partition coefficient (Wildman–Crippen LogP) is 5.29. The fourth-order valence-electron chi connectivity index (χ4n) is 2.70. The fourth-order valence-corrected chi connectivity index (χ4v) is 2.70. The van der Waals surface area contributed by atoms with Gasteiger partial charge in [-0.2, -0.15) is 0 Å². The Hall–Kier alpha value is -2.85. The molecule has 1 nitrogen and oxygen atoms in total. The van der Waals surface area contributed by atoms with Crippen molar-refractivity contribution in [1.29, 1.82) is 5.26 Å². The van der Waals surface area contributed by atoms with Gasteiger partial charge in [-0.1, -0.05) is 60.7 Å². The highest BCUT2D eigenvalue weighted by molar-refractivity contribution is 6.11. The summed E-state index contributed by atoms with van der Waals surface area (Å²) in [4.78, 5) is 0. The Balaban J connectivity index is 0.000000581. The van der Waals surface area contributed by atoms with Crippen LogP contribution < -0.4 is 0 Å². The standard InChI is InChI=1S/C18H12.CHN/c1-2-7-15-12-18-16(11-14(15)6-1)10-9-13-5-3-4-8-17(13)18;1-2/h1-12H;1H. The highest BCUT2D eigenvalue weighted by Gasteiger charge is 2.01. The van der Waals surface area contributed by atoms with Gasteiger partial charge in [0.25, 0.3) is 0 Å². The van der Waals surface area contributed by atoms with E-state index in [1.807, 2.05) is 0 Å². The van der Waals surface area contributed by atoms with E-state index in [4.69, 9.17) is 5.26 Å². The summed E-state index contributed by atoms with van der Waals surface area (Å²) in [5, 5.41) is 14.4. The minimum atomic E-state index is 1.31. The van der Waals surface area contributed by atoms with E-state index in [2.05, 4.69) is 79.4 Å². The molecule has 0 atom stereocenters. The molecule has 4 rings (SSSR count). The Morgan fingerprint density at radius 1 is 0.500 bits per heavy atom. The molecule has 0 unspecified atom stereocenters. The Kier molecular flexibility index (Phi) is 3.07. The van der Waals surface area contributed by atoms with Crippen molar-refractivity contribution < 1.29 is 0 Å². The molecule has 0 fully saturated rings. The average molecular weight is 255 g/mol. The molecular formula is C19H13N. The molecule has 4 aromatic carbocycles. The molecule has 0 saturated carbocycles. The summed E-state index contributed by atoms with van der Waals surface area (Å²) in [6.45, 7) is 3.50.